The van der Waals surface area contributed by atoms with E-state index in [0.29, 0.717) is 18.2 Å². The Bertz CT molecular complexity index is 471. The van der Waals surface area contributed by atoms with Gasteiger partial charge in [0.15, 0.2) is 5.82 Å². The molecule has 2 rings (SSSR count). The van der Waals surface area contributed by atoms with Crippen molar-refractivity contribution in [2.75, 3.05) is 7.11 Å². The highest BCUT2D eigenvalue weighted by Gasteiger charge is 2.05. The van der Waals surface area contributed by atoms with Crippen molar-refractivity contribution in [2.24, 2.45) is 0 Å². The van der Waals surface area contributed by atoms with Gasteiger partial charge in [0.25, 0.3) is 0 Å². The van der Waals surface area contributed by atoms with E-state index >= 15 is 0 Å². The molecule has 0 fully saturated rings. The van der Waals surface area contributed by atoms with Gasteiger partial charge < -0.3 is 4.74 Å². The molecule has 0 radical (unpaired) electrons. The van der Waals surface area contributed by atoms with E-state index in [4.69, 9.17) is 16.3 Å². The molecule has 0 aliphatic rings. The zero-order valence-corrected chi connectivity index (χ0v) is 9.55. The molecule has 0 unspecified atom stereocenters. The van der Waals surface area contributed by atoms with Crippen LogP contribution >= 0.6 is 11.6 Å². The highest BCUT2D eigenvalue weighted by Crippen LogP contribution is 2.13. The zero-order chi connectivity index (χ0) is 11.4. The summed E-state index contributed by atoms with van der Waals surface area (Å²) in [5.74, 6) is 1.78. The third-order valence-corrected chi connectivity index (χ3v) is 2.43. The molecule has 0 saturated carbocycles. The van der Waals surface area contributed by atoms with E-state index < -0.39 is 0 Å². The van der Waals surface area contributed by atoms with Crippen LogP contribution in [0.4, 0.5) is 0 Å². The smallest absolute Gasteiger partial charge is 0.166 e. The van der Waals surface area contributed by atoms with Crippen LogP contribution in [0.3, 0.4) is 0 Å². The normalized spacial score (nSPS) is 10.4. The number of halogens is 1. The Morgan fingerprint density at radius 1 is 1.44 bits per heavy atom. The Hall–Kier alpha value is -1.62. The summed E-state index contributed by atoms with van der Waals surface area (Å²) in [6.07, 6.45) is 0. The van der Waals surface area contributed by atoms with Gasteiger partial charge >= 0.3 is 0 Å². The lowest BCUT2D eigenvalue weighted by Gasteiger charge is -2.05. The molecule has 0 spiro atoms. The second-order valence-corrected chi connectivity index (χ2v) is 3.51. The van der Waals surface area contributed by atoms with Gasteiger partial charge in [0.1, 0.15) is 5.75 Å². The number of ether oxygens (including phenoxy) is 1. The maximum Gasteiger partial charge on any atom is 0.166 e. The van der Waals surface area contributed by atoms with Gasteiger partial charge in [-0.1, -0.05) is 12.1 Å². The van der Waals surface area contributed by atoms with Crippen LogP contribution in [0.1, 0.15) is 11.4 Å². The van der Waals surface area contributed by atoms with Crippen molar-refractivity contribution in [3.8, 4) is 5.75 Å². The van der Waals surface area contributed by atoms with Gasteiger partial charge in [-0.2, -0.15) is 0 Å². The van der Waals surface area contributed by atoms with Gasteiger partial charge in [0.2, 0.25) is 0 Å². The number of alkyl halides is 1. The van der Waals surface area contributed by atoms with Crippen LogP contribution in [-0.2, 0) is 12.4 Å². The average molecular weight is 239 g/mol. The maximum absolute atomic E-state index is 5.71. The molecule has 0 amide bonds. The van der Waals surface area contributed by atoms with Crippen molar-refractivity contribution >= 4 is 11.6 Å². The second kappa shape index (κ2) is 4.94. The van der Waals surface area contributed by atoms with Crippen molar-refractivity contribution < 1.29 is 4.74 Å². The third-order valence-electron chi connectivity index (χ3n) is 2.19. The minimum Gasteiger partial charge on any atom is -0.497 e. The van der Waals surface area contributed by atoms with E-state index in [0.717, 1.165) is 11.3 Å². The van der Waals surface area contributed by atoms with Gasteiger partial charge in [-0.15, -0.1) is 16.7 Å². The topological polar surface area (TPSA) is 52.8 Å². The molecular formula is C10H11ClN4O. The molecule has 1 aromatic carbocycles. The number of hydrogen-bond donors (Lipinski definition) is 0. The fourth-order valence-corrected chi connectivity index (χ4v) is 1.58. The summed E-state index contributed by atoms with van der Waals surface area (Å²) in [7, 11) is 1.64. The number of aromatic nitrogens is 4. The molecular weight excluding hydrogens is 228 g/mol. The number of benzene rings is 1. The largest absolute Gasteiger partial charge is 0.497 e. The van der Waals surface area contributed by atoms with Crippen LogP contribution in [0.15, 0.2) is 24.3 Å². The summed E-state index contributed by atoms with van der Waals surface area (Å²) in [6.45, 7) is 0.590. The van der Waals surface area contributed by atoms with Gasteiger partial charge in [0, 0.05) is 0 Å². The van der Waals surface area contributed by atoms with Crippen LogP contribution in [0.5, 0.6) is 5.75 Å². The molecule has 0 atom stereocenters. The molecule has 5 nitrogen and oxygen atoms in total. The van der Waals surface area contributed by atoms with E-state index in [1.807, 2.05) is 24.3 Å². The average Bonchev–Trinajstić information content (AvgIpc) is 2.76. The van der Waals surface area contributed by atoms with E-state index in [1.165, 1.54) is 0 Å². The Morgan fingerprint density at radius 2 is 2.31 bits per heavy atom. The fraction of sp³-hybridized carbons (Fsp3) is 0.300. The SMILES string of the molecule is COc1cccc(Cn2nnnc2CCl)c1. The maximum atomic E-state index is 5.71. The molecule has 0 aliphatic heterocycles. The first-order valence-corrected chi connectivity index (χ1v) is 5.31. The van der Waals surface area contributed by atoms with Crippen molar-refractivity contribution in [3.63, 3.8) is 0 Å². The fourth-order valence-electron chi connectivity index (χ4n) is 1.39. The number of rotatable bonds is 4. The third kappa shape index (κ3) is 2.30. The van der Waals surface area contributed by atoms with Crippen molar-refractivity contribution in [3.05, 3.63) is 35.7 Å². The molecule has 0 bridgehead atoms. The van der Waals surface area contributed by atoms with Crippen LogP contribution in [-0.4, -0.2) is 27.3 Å². The monoisotopic (exact) mass is 238 g/mol. The summed E-state index contributed by atoms with van der Waals surface area (Å²) >= 11 is 5.71. The van der Waals surface area contributed by atoms with Crippen LogP contribution in [0, 0.1) is 0 Å². The van der Waals surface area contributed by atoms with Crippen molar-refractivity contribution in [1.82, 2.24) is 20.2 Å². The van der Waals surface area contributed by atoms with E-state index in [2.05, 4.69) is 15.5 Å². The predicted molar refractivity (Wildman–Crippen MR) is 59.5 cm³/mol. The van der Waals surface area contributed by atoms with Crippen molar-refractivity contribution in [2.45, 2.75) is 12.4 Å². The molecule has 2 aromatic rings. The predicted octanol–water partition coefficient (Wildman–Crippen LogP) is 1.47. The quantitative estimate of drug-likeness (QED) is 0.757. The summed E-state index contributed by atoms with van der Waals surface area (Å²) in [5, 5.41) is 11.3. The highest BCUT2D eigenvalue weighted by atomic mass is 35.5. The summed E-state index contributed by atoms with van der Waals surface area (Å²) in [5.41, 5.74) is 1.07. The van der Waals surface area contributed by atoms with E-state index in [-0.39, 0.29) is 0 Å². The first-order chi connectivity index (χ1) is 7.83. The van der Waals surface area contributed by atoms with Gasteiger partial charge in [-0.3, -0.25) is 0 Å². The molecule has 0 saturated heterocycles. The standard InChI is InChI=1S/C10H11ClN4O/c1-16-9-4-2-3-8(5-9)7-15-10(6-11)12-13-14-15/h2-5H,6-7H2,1H3. The van der Waals surface area contributed by atoms with Crippen LogP contribution in [0.2, 0.25) is 0 Å². The Labute approximate surface area is 98.0 Å². The molecule has 6 heteroatoms. The minimum atomic E-state index is 0.303. The van der Waals surface area contributed by atoms with Gasteiger partial charge in [-0.25, -0.2) is 4.68 Å². The second-order valence-electron chi connectivity index (χ2n) is 3.24. The summed E-state index contributed by atoms with van der Waals surface area (Å²) in [6, 6.07) is 7.76. The first-order valence-electron chi connectivity index (χ1n) is 4.77. The summed E-state index contributed by atoms with van der Waals surface area (Å²) < 4.78 is 6.81. The first kappa shape index (κ1) is 10.9. The lowest BCUT2D eigenvalue weighted by molar-refractivity contribution is 0.414. The minimum absolute atomic E-state index is 0.303. The Morgan fingerprint density at radius 3 is 3.06 bits per heavy atom. The Kier molecular flexibility index (Phi) is 3.36. The molecule has 0 N–H and O–H groups in total. The van der Waals surface area contributed by atoms with E-state index in [1.54, 1.807) is 11.8 Å². The van der Waals surface area contributed by atoms with Crippen LogP contribution in [0.25, 0.3) is 0 Å². The molecule has 1 aromatic heterocycles. The zero-order valence-electron chi connectivity index (χ0n) is 8.80. The molecule has 84 valence electrons. The van der Waals surface area contributed by atoms with Gasteiger partial charge in [0.05, 0.1) is 19.5 Å². The van der Waals surface area contributed by atoms with Gasteiger partial charge in [-0.05, 0) is 28.1 Å². The molecule has 0 aliphatic carbocycles. The number of tetrazole rings is 1. The molecule has 1 heterocycles. The highest BCUT2D eigenvalue weighted by molar-refractivity contribution is 6.16. The lowest BCUT2D eigenvalue weighted by Crippen LogP contribution is -2.05. The number of methoxy groups -OCH3 is 1. The lowest BCUT2D eigenvalue weighted by atomic mass is 10.2. The Balaban J connectivity index is 2.20. The molecule has 16 heavy (non-hydrogen) atoms. The van der Waals surface area contributed by atoms with Crippen LogP contribution < -0.4 is 4.74 Å². The van der Waals surface area contributed by atoms with E-state index in [9.17, 15) is 0 Å². The summed E-state index contributed by atoms with van der Waals surface area (Å²) in [4.78, 5) is 0. The van der Waals surface area contributed by atoms with Crippen molar-refractivity contribution in [1.29, 1.82) is 0 Å². The number of hydrogen-bond acceptors (Lipinski definition) is 4. The number of nitrogens with zero attached hydrogens (tertiary/aromatic N) is 4.